The molecule has 1 heterocycles. The highest BCUT2D eigenvalue weighted by Gasteiger charge is 2.23. The zero-order valence-corrected chi connectivity index (χ0v) is 10.3. The van der Waals surface area contributed by atoms with Crippen LogP contribution in [0.15, 0.2) is 48.8 Å². The fourth-order valence-corrected chi connectivity index (χ4v) is 1.88. The topological polar surface area (TPSA) is 33.1 Å². The van der Waals surface area contributed by atoms with Crippen molar-refractivity contribution in [3.05, 3.63) is 65.7 Å². The lowest BCUT2D eigenvalue weighted by atomic mass is 9.90. The molecule has 0 radical (unpaired) electrons. The number of hydrogen-bond donors (Lipinski definition) is 1. The first-order chi connectivity index (χ1) is 8.58. The first-order valence-electron chi connectivity index (χ1n) is 5.95. The molecule has 0 aliphatic rings. The van der Waals surface area contributed by atoms with Crippen molar-refractivity contribution in [3.63, 3.8) is 0 Å². The van der Waals surface area contributed by atoms with Gasteiger partial charge in [-0.2, -0.15) is 0 Å². The van der Waals surface area contributed by atoms with Crippen molar-refractivity contribution >= 4 is 0 Å². The number of nitrogens with zero attached hydrogens (tertiary/aromatic N) is 1. The molecule has 2 rings (SSSR count). The summed E-state index contributed by atoms with van der Waals surface area (Å²) < 4.78 is 13.1. The van der Waals surface area contributed by atoms with Crippen molar-refractivity contribution < 1.29 is 9.50 Å². The molecule has 1 aromatic heterocycles. The molecule has 2 nitrogen and oxygen atoms in total. The van der Waals surface area contributed by atoms with Gasteiger partial charge in [0.05, 0.1) is 11.8 Å². The first kappa shape index (κ1) is 12.7. The van der Waals surface area contributed by atoms with Crippen LogP contribution in [0.25, 0.3) is 0 Å². The maximum atomic E-state index is 13.1. The van der Waals surface area contributed by atoms with Gasteiger partial charge in [-0.3, -0.25) is 4.98 Å². The smallest absolute Gasteiger partial charge is 0.141 e. The number of halogens is 1. The second-order valence-corrected chi connectivity index (χ2v) is 4.65. The Labute approximate surface area is 106 Å². The summed E-state index contributed by atoms with van der Waals surface area (Å²) >= 11 is 0. The minimum Gasteiger partial charge on any atom is -0.385 e. The van der Waals surface area contributed by atoms with Gasteiger partial charge >= 0.3 is 0 Å². The van der Waals surface area contributed by atoms with E-state index in [4.69, 9.17) is 0 Å². The van der Waals surface area contributed by atoms with Gasteiger partial charge in [0.2, 0.25) is 0 Å². The van der Waals surface area contributed by atoms with E-state index >= 15 is 0 Å². The Balaban J connectivity index is 2.08. The second kappa shape index (κ2) is 5.27. The Kier molecular flexibility index (Phi) is 3.72. The van der Waals surface area contributed by atoms with E-state index in [0.717, 1.165) is 18.2 Å². The number of aromatic nitrogens is 1. The van der Waals surface area contributed by atoms with Crippen LogP contribution in [0.3, 0.4) is 0 Å². The van der Waals surface area contributed by atoms with Gasteiger partial charge in [0.15, 0.2) is 0 Å². The van der Waals surface area contributed by atoms with Gasteiger partial charge in [0.25, 0.3) is 0 Å². The molecular formula is C15H16FNO. The molecule has 2 aromatic rings. The van der Waals surface area contributed by atoms with E-state index in [0.29, 0.717) is 12.0 Å². The Hall–Kier alpha value is -1.74. The highest BCUT2D eigenvalue weighted by Crippen LogP contribution is 2.25. The van der Waals surface area contributed by atoms with E-state index in [1.165, 1.54) is 12.3 Å². The molecule has 0 saturated heterocycles. The first-order valence-corrected chi connectivity index (χ1v) is 5.95. The average molecular weight is 245 g/mol. The van der Waals surface area contributed by atoms with Crippen molar-refractivity contribution in [3.8, 4) is 0 Å². The molecule has 0 aliphatic carbocycles. The summed E-state index contributed by atoms with van der Waals surface area (Å²) in [6.07, 6.45) is 3.91. The molecule has 0 amide bonds. The molecule has 1 atom stereocenters. The van der Waals surface area contributed by atoms with Gasteiger partial charge in [-0.25, -0.2) is 4.39 Å². The van der Waals surface area contributed by atoms with Gasteiger partial charge in [0.1, 0.15) is 5.82 Å². The number of rotatable bonds is 4. The fourth-order valence-electron chi connectivity index (χ4n) is 1.88. The van der Waals surface area contributed by atoms with Gasteiger partial charge < -0.3 is 5.11 Å². The molecule has 0 spiro atoms. The van der Waals surface area contributed by atoms with Gasteiger partial charge in [-0.1, -0.05) is 30.3 Å². The molecule has 1 unspecified atom stereocenters. The van der Waals surface area contributed by atoms with Crippen molar-refractivity contribution in [2.24, 2.45) is 0 Å². The Morgan fingerprint density at radius 3 is 2.61 bits per heavy atom. The average Bonchev–Trinajstić information content (AvgIpc) is 2.38. The summed E-state index contributed by atoms with van der Waals surface area (Å²) in [6, 6.07) is 11.2. The van der Waals surface area contributed by atoms with Crippen LogP contribution in [0.4, 0.5) is 4.39 Å². The third kappa shape index (κ3) is 3.14. The Bertz CT molecular complexity index is 511. The van der Waals surface area contributed by atoms with E-state index in [9.17, 15) is 9.50 Å². The lowest BCUT2D eigenvalue weighted by Crippen LogP contribution is -2.22. The Morgan fingerprint density at radius 2 is 1.94 bits per heavy atom. The molecular weight excluding hydrogens is 229 g/mol. The maximum Gasteiger partial charge on any atom is 0.141 e. The highest BCUT2D eigenvalue weighted by molar-refractivity contribution is 5.20. The quantitative estimate of drug-likeness (QED) is 0.898. The number of aryl methyl sites for hydroxylation is 1. The van der Waals surface area contributed by atoms with Crippen LogP contribution in [0.2, 0.25) is 0 Å². The summed E-state index contributed by atoms with van der Waals surface area (Å²) in [4.78, 5) is 3.77. The van der Waals surface area contributed by atoms with Crippen molar-refractivity contribution in [2.45, 2.75) is 25.4 Å². The summed E-state index contributed by atoms with van der Waals surface area (Å²) in [7, 11) is 0. The van der Waals surface area contributed by atoms with Crippen molar-refractivity contribution in [2.75, 3.05) is 0 Å². The number of aliphatic hydroxyl groups is 1. The summed E-state index contributed by atoms with van der Waals surface area (Å²) in [5.41, 5.74) is 0.603. The maximum absolute atomic E-state index is 13.1. The number of pyridine rings is 1. The van der Waals surface area contributed by atoms with E-state index in [1.54, 1.807) is 6.92 Å². The summed E-state index contributed by atoms with van der Waals surface area (Å²) in [6.45, 7) is 1.69. The largest absolute Gasteiger partial charge is 0.385 e. The minimum absolute atomic E-state index is 0.424. The van der Waals surface area contributed by atoms with E-state index in [-0.39, 0.29) is 0 Å². The van der Waals surface area contributed by atoms with Crippen LogP contribution in [-0.4, -0.2) is 10.1 Å². The molecule has 1 aromatic carbocycles. The number of benzene rings is 1. The molecule has 94 valence electrons. The summed E-state index contributed by atoms with van der Waals surface area (Å²) in [5, 5.41) is 10.4. The fraction of sp³-hybridized carbons (Fsp3) is 0.267. The van der Waals surface area contributed by atoms with Crippen LogP contribution >= 0.6 is 0 Å². The molecule has 18 heavy (non-hydrogen) atoms. The van der Waals surface area contributed by atoms with Crippen LogP contribution in [0.1, 0.15) is 24.5 Å². The zero-order valence-electron chi connectivity index (χ0n) is 10.3. The molecule has 3 heteroatoms. The highest BCUT2D eigenvalue weighted by atomic mass is 19.1. The number of hydrogen-bond acceptors (Lipinski definition) is 2. The molecule has 0 saturated carbocycles. The van der Waals surface area contributed by atoms with Crippen LogP contribution in [-0.2, 0) is 12.0 Å². The monoisotopic (exact) mass is 245 g/mol. The molecule has 0 aliphatic heterocycles. The van der Waals surface area contributed by atoms with Crippen LogP contribution < -0.4 is 0 Å². The zero-order chi connectivity index (χ0) is 13.0. The van der Waals surface area contributed by atoms with E-state index in [2.05, 4.69) is 4.98 Å². The third-order valence-electron chi connectivity index (χ3n) is 3.07. The van der Waals surface area contributed by atoms with Crippen LogP contribution in [0.5, 0.6) is 0 Å². The molecule has 0 fully saturated rings. The van der Waals surface area contributed by atoms with Gasteiger partial charge in [-0.15, -0.1) is 0 Å². The predicted molar refractivity (Wildman–Crippen MR) is 68.5 cm³/mol. The van der Waals surface area contributed by atoms with Crippen molar-refractivity contribution in [1.82, 2.24) is 4.98 Å². The van der Waals surface area contributed by atoms with E-state index < -0.39 is 11.4 Å². The third-order valence-corrected chi connectivity index (χ3v) is 3.07. The second-order valence-electron chi connectivity index (χ2n) is 4.65. The lowest BCUT2D eigenvalue weighted by molar-refractivity contribution is 0.0473. The van der Waals surface area contributed by atoms with Crippen molar-refractivity contribution in [1.29, 1.82) is 0 Å². The van der Waals surface area contributed by atoms with Gasteiger partial charge in [0, 0.05) is 11.8 Å². The standard InChI is InChI=1S/C15H16FNO/c1-15(18,13-9-14(16)11-17-10-13)8-7-12-5-3-2-4-6-12/h2-6,9-11,18H,7-8H2,1H3. The van der Waals surface area contributed by atoms with Gasteiger partial charge in [-0.05, 0) is 31.4 Å². The lowest BCUT2D eigenvalue weighted by Gasteiger charge is -2.23. The van der Waals surface area contributed by atoms with Crippen LogP contribution in [0, 0.1) is 5.82 Å². The summed E-state index contributed by atoms with van der Waals surface area (Å²) in [5.74, 6) is -0.424. The Morgan fingerprint density at radius 1 is 1.22 bits per heavy atom. The predicted octanol–water partition coefficient (Wildman–Crippen LogP) is 3.06. The SMILES string of the molecule is CC(O)(CCc1ccccc1)c1cncc(F)c1. The molecule has 0 bridgehead atoms. The normalized spacial score (nSPS) is 14.2. The molecule has 1 N–H and O–H groups in total. The van der Waals surface area contributed by atoms with E-state index in [1.807, 2.05) is 30.3 Å². The minimum atomic E-state index is -1.06.